The Bertz CT molecular complexity index is 597. The molecule has 4 heteroatoms. The Kier molecular flexibility index (Phi) is 3.61. The first-order valence-corrected chi connectivity index (χ1v) is 5.64. The predicted molar refractivity (Wildman–Crippen MR) is 71.1 cm³/mol. The van der Waals surface area contributed by atoms with Gasteiger partial charge in [-0.05, 0) is 29.3 Å². The van der Waals surface area contributed by atoms with Gasteiger partial charge in [-0.15, -0.1) is 0 Å². The smallest absolute Gasteiger partial charge is 0.119 e. The molecular weight excluding hydrogens is 244 g/mol. The average Bonchev–Trinajstić information content (AvgIpc) is 2.35. The van der Waals surface area contributed by atoms with Crippen molar-refractivity contribution in [2.24, 2.45) is 0 Å². The standard InChI is InChI=1S/C15H14O4/c1-19-15-5-4-10(8-14(15)18)2-3-11-6-12(16)9-13(17)7-11/h2-9,16-18H,1H3/p-1/b3-2+. The van der Waals surface area contributed by atoms with Crippen LogP contribution < -0.4 is 9.84 Å². The van der Waals surface area contributed by atoms with Crippen LogP contribution in [0.1, 0.15) is 11.1 Å². The first kappa shape index (κ1) is 12.8. The van der Waals surface area contributed by atoms with Gasteiger partial charge in [0.15, 0.2) is 0 Å². The second-order valence-corrected chi connectivity index (χ2v) is 4.03. The van der Waals surface area contributed by atoms with Gasteiger partial charge in [0.1, 0.15) is 17.2 Å². The highest BCUT2D eigenvalue weighted by molar-refractivity contribution is 5.72. The van der Waals surface area contributed by atoms with Crippen LogP contribution in [0, 0.1) is 0 Å². The Morgan fingerprint density at radius 1 is 0.947 bits per heavy atom. The number of rotatable bonds is 3. The van der Waals surface area contributed by atoms with Crippen LogP contribution in [-0.2, 0) is 0 Å². The maximum absolute atomic E-state index is 11.6. The number of benzene rings is 2. The number of phenols is 2. The fraction of sp³-hybridized carbons (Fsp3) is 0.0667. The van der Waals surface area contributed by atoms with E-state index < -0.39 is 0 Å². The Morgan fingerprint density at radius 2 is 1.58 bits per heavy atom. The van der Waals surface area contributed by atoms with E-state index in [4.69, 9.17) is 4.74 Å². The SMILES string of the molecule is COc1ccc(/C=C/c2cc(O)cc(O)c2)cc1[O-]. The zero-order chi connectivity index (χ0) is 13.8. The van der Waals surface area contributed by atoms with Crippen molar-refractivity contribution in [3.8, 4) is 23.0 Å². The molecule has 2 N–H and O–H groups in total. The molecule has 2 aromatic rings. The molecule has 0 aromatic heterocycles. The van der Waals surface area contributed by atoms with Gasteiger partial charge in [-0.25, -0.2) is 0 Å². The molecule has 0 heterocycles. The third kappa shape index (κ3) is 3.19. The Hall–Kier alpha value is -2.62. The summed E-state index contributed by atoms with van der Waals surface area (Å²) in [6.45, 7) is 0. The van der Waals surface area contributed by atoms with Gasteiger partial charge in [0.2, 0.25) is 0 Å². The maximum Gasteiger partial charge on any atom is 0.119 e. The summed E-state index contributed by atoms with van der Waals surface area (Å²) in [6, 6.07) is 9.08. The van der Waals surface area contributed by atoms with E-state index in [1.54, 1.807) is 24.3 Å². The summed E-state index contributed by atoms with van der Waals surface area (Å²) < 4.78 is 4.89. The van der Waals surface area contributed by atoms with Gasteiger partial charge < -0.3 is 20.1 Å². The van der Waals surface area contributed by atoms with E-state index in [0.717, 1.165) is 0 Å². The van der Waals surface area contributed by atoms with Crippen molar-refractivity contribution in [3.63, 3.8) is 0 Å². The average molecular weight is 257 g/mol. The number of aromatic hydroxyl groups is 2. The zero-order valence-electron chi connectivity index (χ0n) is 10.3. The minimum Gasteiger partial charge on any atom is -0.870 e. The van der Waals surface area contributed by atoms with Gasteiger partial charge in [-0.3, -0.25) is 0 Å². The van der Waals surface area contributed by atoms with Gasteiger partial charge >= 0.3 is 0 Å². The minimum atomic E-state index is -0.191. The van der Waals surface area contributed by atoms with Crippen molar-refractivity contribution in [2.45, 2.75) is 0 Å². The third-order valence-electron chi connectivity index (χ3n) is 2.58. The van der Waals surface area contributed by atoms with E-state index in [1.165, 1.54) is 31.4 Å². The molecule has 19 heavy (non-hydrogen) atoms. The molecule has 0 spiro atoms. The van der Waals surface area contributed by atoms with Crippen molar-refractivity contribution >= 4 is 12.2 Å². The lowest BCUT2D eigenvalue weighted by atomic mass is 10.1. The van der Waals surface area contributed by atoms with Crippen LogP contribution in [0.2, 0.25) is 0 Å². The molecule has 0 fully saturated rings. The molecule has 0 bridgehead atoms. The summed E-state index contributed by atoms with van der Waals surface area (Å²) >= 11 is 0. The van der Waals surface area contributed by atoms with Gasteiger partial charge in [0, 0.05) is 6.07 Å². The Morgan fingerprint density at radius 3 is 2.16 bits per heavy atom. The maximum atomic E-state index is 11.6. The van der Waals surface area contributed by atoms with Gasteiger partial charge in [-0.1, -0.05) is 30.0 Å². The number of hydrogen-bond donors (Lipinski definition) is 2. The van der Waals surface area contributed by atoms with Crippen molar-refractivity contribution in [1.29, 1.82) is 0 Å². The minimum absolute atomic E-state index is 0.0149. The molecule has 4 nitrogen and oxygen atoms in total. The monoisotopic (exact) mass is 257 g/mol. The van der Waals surface area contributed by atoms with E-state index in [-0.39, 0.29) is 17.2 Å². The van der Waals surface area contributed by atoms with E-state index >= 15 is 0 Å². The number of methoxy groups -OCH3 is 1. The molecule has 0 amide bonds. The number of phenolic OH excluding ortho intramolecular Hbond substituents is 2. The van der Waals surface area contributed by atoms with Crippen LogP contribution in [0.5, 0.6) is 23.0 Å². The molecule has 0 unspecified atom stereocenters. The van der Waals surface area contributed by atoms with Crippen LogP contribution in [0.15, 0.2) is 36.4 Å². The van der Waals surface area contributed by atoms with Gasteiger partial charge in [0.25, 0.3) is 0 Å². The highest BCUT2D eigenvalue weighted by atomic mass is 16.5. The molecule has 0 aliphatic carbocycles. The zero-order valence-corrected chi connectivity index (χ0v) is 10.3. The van der Waals surface area contributed by atoms with Crippen molar-refractivity contribution in [1.82, 2.24) is 0 Å². The molecule has 0 aliphatic heterocycles. The normalized spacial score (nSPS) is 10.8. The summed E-state index contributed by atoms with van der Waals surface area (Å²) in [4.78, 5) is 0. The van der Waals surface area contributed by atoms with E-state index in [1.807, 2.05) is 0 Å². The van der Waals surface area contributed by atoms with Gasteiger partial charge in [-0.2, -0.15) is 0 Å². The van der Waals surface area contributed by atoms with Crippen LogP contribution in [0.25, 0.3) is 12.2 Å². The lowest BCUT2D eigenvalue weighted by Gasteiger charge is -2.12. The molecule has 0 saturated heterocycles. The summed E-state index contributed by atoms with van der Waals surface area (Å²) in [6.07, 6.45) is 3.41. The number of ether oxygens (including phenoxy) is 1. The topological polar surface area (TPSA) is 72.8 Å². The Balaban J connectivity index is 2.24. The summed E-state index contributed by atoms with van der Waals surface area (Å²) in [5.41, 5.74) is 1.36. The van der Waals surface area contributed by atoms with Crippen LogP contribution in [-0.4, -0.2) is 17.3 Å². The van der Waals surface area contributed by atoms with Crippen molar-refractivity contribution in [2.75, 3.05) is 7.11 Å². The summed E-state index contributed by atoms with van der Waals surface area (Å²) in [7, 11) is 1.45. The summed E-state index contributed by atoms with van der Waals surface area (Å²) in [5.74, 6) is 0.0772. The second kappa shape index (κ2) is 5.35. The van der Waals surface area contributed by atoms with Crippen molar-refractivity contribution < 1.29 is 20.1 Å². The fourth-order valence-electron chi connectivity index (χ4n) is 1.70. The van der Waals surface area contributed by atoms with Crippen LogP contribution >= 0.6 is 0 Å². The lowest BCUT2D eigenvalue weighted by molar-refractivity contribution is -0.270. The fourth-order valence-corrected chi connectivity index (χ4v) is 1.70. The van der Waals surface area contributed by atoms with E-state index in [2.05, 4.69) is 0 Å². The first-order chi connectivity index (χ1) is 9.08. The lowest BCUT2D eigenvalue weighted by Crippen LogP contribution is -1.94. The predicted octanol–water partition coefficient (Wildman–Crippen LogP) is 2.35. The highest BCUT2D eigenvalue weighted by Crippen LogP contribution is 2.25. The molecule has 2 aromatic carbocycles. The molecule has 2 rings (SSSR count). The van der Waals surface area contributed by atoms with E-state index in [0.29, 0.717) is 16.9 Å². The highest BCUT2D eigenvalue weighted by Gasteiger charge is 1.97. The summed E-state index contributed by atoms with van der Waals surface area (Å²) in [5, 5.41) is 30.2. The quantitative estimate of drug-likeness (QED) is 0.828. The van der Waals surface area contributed by atoms with Crippen LogP contribution in [0.4, 0.5) is 0 Å². The largest absolute Gasteiger partial charge is 0.870 e. The first-order valence-electron chi connectivity index (χ1n) is 5.64. The van der Waals surface area contributed by atoms with E-state index in [9.17, 15) is 15.3 Å². The van der Waals surface area contributed by atoms with Gasteiger partial charge in [0.05, 0.1) is 7.11 Å². The van der Waals surface area contributed by atoms with Crippen molar-refractivity contribution in [3.05, 3.63) is 47.5 Å². The molecule has 0 aliphatic rings. The molecule has 98 valence electrons. The molecule has 0 atom stereocenters. The molecule has 0 saturated carbocycles. The van der Waals surface area contributed by atoms with Crippen LogP contribution in [0.3, 0.4) is 0 Å². The molecule has 0 radical (unpaired) electrons. The second-order valence-electron chi connectivity index (χ2n) is 4.03. The molecular formula is C15H13O4-. The Labute approximate surface area is 110 Å². The number of hydrogen-bond acceptors (Lipinski definition) is 4. The third-order valence-corrected chi connectivity index (χ3v) is 2.58.